The van der Waals surface area contributed by atoms with Crippen molar-refractivity contribution in [3.8, 4) is 5.75 Å². The monoisotopic (exact) mass is 345 g/mol. The van der Waals surface area contributed by atoms with Gasteiger partial charge in [0.1, 0.15) is 11.3 Å². The standard InChI is InChI=1S/C16H15N3O4S/c1-9-7-12(14(20)8-10(9)2)17-16(24)18-15(21)11-5-3-4-6-13(11)19(22)23/h3-8,20H,1-2H3,(H2,17,18,21,24). The molecule has 7 nitrogen and oxygen atoms in total. The van der Waals surface area contributed by atoms with Crippen molar-refractivity contribution in [3.63, 3.8) is 0 Å². The SMILES string of the molecule is Cc1cc(O)c(NC(=S)NC(=O)c2ccccc2[N+](=O)[O-])cc1C. The topological polar surface area (TPSA) is 104 Å². The number of nitrogens with zero attached hydrogens (tertiary/aromatic N) is 1. The summed E-state index contributed by atoms with van der Waals surface area (Å²) in [6.07, 6.45) is 0. The normalized spacial score (nSPS) is 10.1. The molecule has 0 spiro atoms. The Kier molecular flexibility index (Phi) is 5.10. The molecule has 8 heteroatoms. The summed E-state index contributed by atoms with van der Waals surface area (Å²) in [5.74, 6) is -0.719. The van der Waals surface area contributed by atoms with Crippen molar-refractivity contribution < 1.29 is 14.8 Å². The minimum atomic E-state index is -0.705. The average molecular weight is 345 g/mol. The molecule has 0 unspecified atom stereocenters. The lowest BCUT2D eigenvalue weighted by atomic mass is 10.1. The number of phenolic OH excluding ortho intramolecular Hbond substituents is 1. The zero-order chi connectivity index (χ0) is 17.9. The van der Waals surface area contributed by atoms with E-state index in [1.54, 1.807) is 12.1 Å². The number of hydrogen-bond donors (Lipinski definition) is 3. The lowest BCUT2D eigenvalue weighted by molar-refractivity contribution is -0.385. The van der Waals surface area contributed by atoms with Crippen molar-refractivity contribution in [3.05, 3.63) is 63.2 Å². The Balaban J connectivity index is 2.15. The molecular formula is C16H15N3O4S. The summed E-state index contributed by atoms with van der Waals surface area (Å²) in [7, 11) is 0. The highest BCUT2D eigenvalue weighted by molar-refractivity contribution is 7.80. The fraction of sp³-hybridized carbons (Fsp3) is 0.125. The van der Waals surface area contributed by atoms with Crippen LogP contribution in [0.5, 0.6) is 5.75 Å². The molecule has 1 amide bonds. The Morgan fingerprint density at radius 2 is 1.83 bits per heavy atom. The van der Waals surface area contributed by atoms with Gasteiger partial charge in [-0.05, 0) is 55.4 Å². The van der Waals surface area contributed by atoms with Crippen molar-refractivity contribution in [2.24, 2.45) is 0 Å². The van der Waals surface area contributed by atoms with E-state index < -0.39 is 10.8 Å². The molecule has 0 aliphatic heterocycles. The second-order valence-corrected chi connectivity index (χ2v) is 5.54. The van der Waals surface area contributed by atoms with Gasteiger partial charge in [0.15, 0.2) is 5.11 Å². The number of aromatic hydroxyl groups is 1. The van der Waals surface area contributed by atoms with Gasteiger partial charge in [-0.3, -0.25) is 20.2 Å². The third-order valence-corrected chi connectivity index (χ3v) is 3.64. The Hall–Kier alpha value is -3.00. The Morgan fingerprint density at radius 1 is 1.21 bits per heavy atom. The predicted molar refractivity (Wildman–Crippen MR) is 94.4 cm³/mol. The number of anilines is 1. The first kappa shape index (κ1) is 17.4. The molecule has 0 aromatic heterocycles. The summed E-state index contributed by atoms with van der Waals surface area (Å²) in [5, 5.41) is 25.9. The fourth-order valence-corrected chi connectivity index (χ4v) is 2.25. The largest absolute Gasteiger partial charge is 0.506 e. The quantitative estimate of drug-likeness (QED) is 0.342. The molecule has 2 aromatic rings. The Bertz CT molecular complexity index is 836. The van der Waals surface area contributed by atoms with Crippen LogP contribution in [0.15, 0.2) is 36.4 Å². The molecule has 0 aliphatic rings. The van der Waals surface area contributed by atoms with Gasteiger partial charge in [-0.25, -0.2) is 0 Å². The predicted octanol–water partition coefficient (Wildman–Crippen LogP) is 3.04. The number of nitro groups is 1. The number of amides is 1. The molecule has 24 heavy (non-hydrogen) atoms. The molecule has 2 aromatic carbocycles. The third kappa shape index (κ3) is 3.85. The van der Waals surface area contributed by atoms with E-state index in [1.807, 2.05) is 13.8 Å². The molecule has 0 radical (unpaired) electrons. The number of nitrogens with one attached hydrogen (secondary N) is 2. The van der Waals surface area contributed by atoms with E-state index >= 15 is 0 Å². The number of hydrogen-bond acceptors (Lipinski definition) is 5. The highest BCUT2D eigenvalue weighted by atomic mass is 32.1. The average Bonchev–Trinajstić information content (AvgIpc) is 2.52. The number of carbonyl (C=O) groups excluding carboxylic acids is 1. The van der Waals surface area contributed by atoms with E-state index in [1.165, 1.54) is 24.3 Å². The first-order valence-electron chi connectivity index (χ1n) is 6.95. The highest BCUT2D eigenvalue weighted by Crippen LogP contribution is 2.26. The van der Waals surface area contributed by atoms with Crippen molar-refractivity contribution in [2.75, 3.05) is 5.32 Å². The molecule has 0 bridgehead atoms. The van der Waals surface area contributed by atoms with Gasteiger partial charge in [0.05, 0.1) is 10.6 Å². The smallest absolute Gasteiger partial charge is 0.282 e. The van der Waals surface area contributed by atoms with E-state index in [2.05, 4.69) is 10.6 Å². The van der Waals surface area contributed by atoms with Crippen LogP contribution in [-0.2, 0) is 0 Å². The number of phenols is 1. The lowest BCUT2D eigenvalue weighted by Gasteiger charge is -2.12. The molecule has 3 N–H and O–H groups in total. The molecular weight excluding hydrogens is 330 g/mol. The number of para-hydroxylation sites is 1. The first-order valence-corrected chi connectivity index (χ1v) is 7.36. The Morgan fingerprint density at radius 3 is 2.50 bits per heavy atom. The van der Waals surface area contributed by atoms with Gasteiger partial charge in [0.25, 0.3) is 11.6 Å². The molecule has 0 aliphatic carbocycles. The third-order valence-electron chi connectivity index (χ3n) is 3.43. The van der Waals surface area contributed by atoms with Crippen molar-refractivity contribution in [1.29, 1.82) is 0 Å². The second-order valence-electron chi connectivity index (χ2n) is 5.14. The molecule has 0 fully saturated rings. The highest BCUT2D eigenvalue weighted by Gasteiger charge is 2.20. The van der Waals surface area contributed by atoms with E-state index in [9.17, 15) is 20.0 Å². The van der Waals surface area contributed by atoms with E-state index in [0.29, 0.717) is 5.69 Å². The maximum atomic E-state index is 12.2. The van der Waals surface area contributed by atoms with Gasteiger partial charge in [0, 0.05) is 6.07 Å². The van der Waals surface area contributed by atoms with Crippen LogP contribution in [-0.4, -0.2) is 21.0 Å². The van der Waals surface area contributed by atoms with Crippen LogP contribution < -0.4 is 10.6 Å². The Labute approximate surface area is 143 Å². The van der Waals surface area contributed by atoms with Gasteiger partial charge in [-0.1, -0.05) is 12.1 Å². The minimum absolute atomic E-state index is 0.0135. The first-order chi connectivity index (χ1) is 11.3. The summed E-state index contributed by atoms with van der Waals surface area (Å²) in [5.41, 5.74) is 1.77. The number of benzene rings is 2. The van der Waals surface area contributed by atoms with Crippen molar-refractivity contribution in [2.45, 2.75) is 13.8 Å². The second kappa shape index (κ2) is 7.05. The van der Waals surface area contributed by atoms with Gasteiger partial charge >= 0.3 is 0 Å². The number of carbonyl (C=O) groups is 1. The maximum absolute atomic E-state index is 12.2. The summed E-state index contributed by atoms with van der Waals surface area (Å²) in [6.45, 7) is 3.72. The van der Waals surface area contributed by atoms with Gasteiger partial charge in [-0.15, -0.1) is 0 Å². The molecule has 0 saturated heterocycles. The zero-order valence-electron chi connectivity index (χ0n) is 13.0. The molecule has 2 rings (SSSR count). The maximum Gasteiger partial charge on any atom is 0.282 e. The van der Waals surface area contributed by atoms with Crippen LogP contribution in [0.3, 0.4) is 0 Å². The van der Waals surface area contributed by atoms with Crippen molar-refractivity contribution >= 4 is 34.6 Å². The van der Waals surface area contributed by atoms with E-state index in [4.69, 9.17) is 12.2 Å². The van der Waals surface area contributed by atoms with Crippen molar-refractivity contribution in [1.82, 2.24) is 5.32 Å². The van der Waals surface area contributed by atoms with Crippen LogP contribution in [0, 0.1) is 24.0 Å². The van der Waals surface area contributed by atoms with Crippen LogP contribution in [0.4, 0.5) is 11.4 Å². The molecule has 0 saturated carbocycles. The number of rotatable bonds is 3. The molecule has 124 valence electrons. The number of thiocarbonyl (C=S) groups is 1. The van der Waals surface area contributed by atoms with Crippen LogP contribution in [0.25, 0.3) is 0 Å². The summed E-state index contributed by atoms with van der Waals surface area (Å²) < 4.78 is 0. The summed E-state index contributed by atoms with van der Waals surface area (Å²) in [4.78, 5) is 22.5. The van der Waals surface area contributed by atoms with Gasteiger partial charge in [-0.2, -0.15) is 0 Å². The van der Waals surface area contributed by atoms with E-state index in [0.717, 1.165) is 11.1 Å². The van der Waals surface area contributed by atoms with E-state index in [-0.39, 0.29) is 22.1 Å². The van der Waals surface area contributed by atoms with Crippen LogP contribution in [0.2, 0.25) is 0 Å². The fourth-order valence-electron chi connectivity index (χ4n) is 2.05. The number of aryl methyl sites for hydroxylation is 2. The van der Waals surface area contributed by atoms with Crippen LogP contribution in [0.1, 0.15) is 21.5 Å². The van der Waals surface area contributed by atoms with Gasteiger partial charge in [0.2, 0.25) is 0 Å². The zero-order valence-corrected chi connectivity index (χ0v) is 13.8. The molecule has 0 heterocycles. The lowest BCUT2D eigenvalue weighted by Crippen LogP contribution is -2.34. The number of nitro benzene ring substituents is 1. The summed E-state index contributed by atoms with van der Waals surface area (Å²) in [6, 6.07) is 8.83. The van der Waals surface area contributed by atoms with Crippen LogP contribution >= 0.6 is 12.2 Å². The summed E-state index contributed by atoms with van der Waals surface area (Å²) >= 11 is 5.03. The minimum Gasteiger partial charge on any atom is -0.506 e. The van der Waals surface area contributed by atoms with Gasteiger partial charge < -0.3 is 10.4 Å². The molecule has 0 atom stereocenters.